The number of amides is 1. The molecule has 0 spiro atoms. The first-order valence-corrected chi connectivity index (χ1v) is 10.7. The second-order valence-electron chi connectivity index (χ2n) is 8.08. The Balaban J connectivity index is 1.46. The van der Waals surface area contributed by atoms with Gasteiger partial charge in [-0.2, -0.15) is 4.98 Å². The average molecular weight is 437 g/mol. The van der Waals surface area contributed by atoms with Crippen molar-refractivity contribution in [1.29, 1.82) is 0 Å². The molecule has 8 heteroatoms. The van der Waals surface area contributed by atoms with Crippen LogP contribution in [0.1, 0.15) is 40.7 Å². The smallest absolute Gasteiger partial charge is 0.259 e. The number of carbonyl (C=O) groups excluding carboxylic acids is 1. The molecule has 1 aliphatic rings. The van der Waals surface area contributed by atoms with Crippen molar-refractivity contribution in [2.75, 3.05) is 5.32 Å². The number of aryl methyl sites for hydroxylation is 1. The minimum absolute atomic E-state index is 0.280. The van der Waals surface area contributed by atoms with Gasteiger partial charge in [-0.1, -0.05) is 52.8 Å². The summed E-state index contributed by atoms with van der Waals surface area (Å²) in [6, 6.07) is 18.9. The standard InChI is InChI=1S/C25H19N5O3/c1-14-26-23(30-32-14)17-9-5-6-10-19(17)27-24(31)18-13-20(15-11-12-15)28-25-21(18)22(29-33-25)16-7-3-2-4-8-16/h2-10,13,15H,11-12H2,1H3,(H,27,31). The van der Waals surface area contributed by atoms with Crippen LogP contribution in [0.2, 0.25) is 0 Å². The topological polar surface area (TPSA) is 107 Å². The zero-order valence-corrected chi connectivity index (χ0v) is 17.8. The van der Waals surface area contributed by atoms with E-state index in [-0.39, 0.29) is 5.91 Å². The predicted molar refractivity (Wildman–Crippen MR) is 122 cm³/mol. The third-order valence-electron chi connectivity index (χ3n) is 5.70. The van der Waals surface area contributed by atoms with Gasteiger partial charge in [0.25, 0.3) is 11.6 Å². The Morgan fingerprint density at radius 3 is 2.52 bits per heavy atom. The Kier molecular flexibility index (Phi) is 4.50. The zero-order chi connectivity index (χ0) is 22.4. The lowest BCUT2D eigenvalue weighted by molar-refractivity contribution is 0.102. The second-order valence-corrected chi connectivity index (χ2v) is 8.08. The van der Waals surface area contributed by atoms with E-state index in [4.69, 9.17) is 9.05 Å². The summed E-state index contributed by atoms with van der Waals surface area (Å²) in [5, 5.41) is 11.9. The monoisotopic (exact) mass is 437 g/mol. The molecule has 1 aliphatic carbocycles. The first-order chi connectivity index (χ1) is 16.2. The van der Waals surface area contributed by atoms with Crippen LogP contribution in [0.5, 0.6) is 0 Å². The highest BCUT2D eigenvalue weighted by Crippen LogP contribution is 2.41. The lowest BCUT2D eigenvalue weighted by atomic mass is 10.0. The number of rotatable bonds is 5. The van der Waals surface area contributed by atoms with Gasteiger partial charge >= 0.3 is 0 Å². The van der Waals surface area contributed by atoms with E-state index in [1.807, 2.05) is 60.7 Å². The maximum atomic E-state index is 13.6. The number of para-hydroxylation sites is 1. The van der Waals surface area contributed by atoms with Crippen LogP contribution in [0.25, 0.3) is 33.7 Å². The number of aromatic nitrogens is 4. The van der Waals surface area contributed by atoms with E-state index in [1.165, 1.54) is 0 Å². The highest BCUT2D eigenvalue weighted by atomic mass is 16.5. The average Bonchev–Trinajstić information content (AvgIpc) is 3.47. The van der Waals surface area contributed by atoms with Crippen LogP contribution in [0.4, 0.5) is 5.69 Å². The number of pyridine rings is 1. The van der Waals surface area contributed by atoms with Crippen LogP contribution in [0.15, 0.2) is 69.7 Å². The number of nitrogens with zero attached hydrogens (tertiary/aromatic N) is 4. The first-order valence-electron chi connectivity index (χ1n) is 10.7. The van der Waals surface area contributed by atoms with E-state index in [0.717, 1.165) is 24.1 Å². The molecule has 3 heterocycles. The van der Waals surface area contributed by atoms with Crippen molar-refractivity contribution in [2.24, 2.45) is 0 Å². The second kappa shape index (κ2) is 7.67. The van der Waals surface area contributed by atoms with Crippen molar-refractivity contribution in [2.45, 2.75) is 25.7 Å². The van der Waals surface area contributed by atoms with Gasteiger partial charge in [0.1, 0.15) is 5.69 Å². The summed E-state index contributed by atoms with van der Waals surface area (Å²) in [6.45, 7) is 1.72. The van der Waals surface area contributed by atoms with Crippen LogP contribution in [-0.4, -0.2) is 26.2 Å². The van der Waals surface area contributed by atoms with Crippen molar-refractivity contribution in [3.8, 4) is 22.6 Å². The van der Waals surface area contributed by atoms with Crippen molar-refractivity contribution < 1.29 is 13.8 Å². The zero-order valence-electron chi connectivity index (χ0n) is 17.8. The van der Waals surface area contributed by atoms with E-state index in [9.17, 15) is 4.79 Å². The molecule has 1 saturated carbocycles. The molecule has 0 radical (unpaired) electrons. The number of hydrogen-bond acceptors (Lipinski definition) is 7. The summed E-state index contributed by atoms with van der Waals surface area (Å²) in [6.07, 6.45) is 2.11. The molecule has 1 N–H and O–H groups in total. The molecule has 3 aromatic heterocycles. The molecule has 0 aliphatic heterocycles. The van der Waals surface area contributed by atoms with Gasteiger partial charge in [0.2, 0.25) is 11.7 Å². The Morgan fingerprint density at radius 2 is 1.76 bits per heavy atom. The maximum Gasteiger partial charge on any atom is 0.259 e. The summed E-state index contributed by atoms with van der Waals surface area (Å²) >= 11 is 0. The fourth-order valence-corrected chi connectivity index (χ4v) is 3.92. The lowest BCUT2D eigenvalue weighted by Crippen LogP contribution is -2.14. The quantitative estimate of drug-likeness (QED) is 0.393. The summed E-state index contributed by atoms with van der Waals surface area (Å²) in [5.74, 6) is 0.933. The molecule has 0 atom stereocenters. The summed E-state index contributed by atoms with van der Waals surface area (Å²) in [5.41, 5.74) is 4.39. The fourth-order valence-electron chi connectivity index (χ4n) is 3.92. The molecule has 33 heavy (non-hydrogen) atoms. The Morgan fingerprint density at radius 1 is 0.970 bits per heavy atom. The molecule has 0 unspecified atom stereocenters. The molecule has 6 rings (SSSR count). The van der Waals surface area contributed by atoms with Crippen molar-refractivity contribution in [1.82, 2.24) is 20.3 Å². The van der Waals surface area contributed by atoms with Crippen LogP contribution in [0, 0.1) is 6.92 Å². The minimum Gasteiger partial charge on any atom is -0.339 e. The fraction of sp³-hybridized carbons (Fsp3) is 0.160. The predicted octanol–water partition coefficient (Wildman–Crippen LogP) is 5.38. The number of nitrogens with one attached hydrogen (secondary N) is 1. The van der Waals surface area contributed by atoms with E-state index in [1.54, 1.807) is 6.92 Å². The van der Waals surface area contributed by atoms with E-state index in [2.05, 4.69) is 25.6 Å². The third kappa shape index (κ3) is 3.55. The molecule has 2 aromatic carbocycles. The van der Waals surface area contributed by atoms with Gasteiger partial charge in [-0.3, -0.25) is 4.79 Å². The summed E-state index contributed by atoms with van der Waals surface area (Å²) in [7, 11) is 0. The highest BCUT2D eigenvalue weighted by Gasteiger charge is 2.29. The largest absolute Gasteiger partial charge is 0.339 e. The van der Waals surface area contributed by atoms with Crippen LogP contribution in [0.3, 0.4) is 0 Å². The van der Waals surface area contributed by atoms with Crippen LogP contribution >= 0.6 is 0 Å². The SMILES string of the molecule is Cc1nc(-c2ccccc2NC(=O)c2cc(C3CC3)nc3onc(-c4ccccc4)c23)no1. The molecule has 0 saturated heterocycles. The van der Waals surface area contributed by atoms with Crippen LogP contribution in [-0.2, 0) is 0 Å². The number of carbonyl (C=O) groups is 1. The molecule has 0 bridgehead atoms. The Hall–Kier alpha value is -4.33. The van der Waals surface area contributed by atoms with Crippen molar-refractivity contribution >= 4 is 22.7 Å². The molecule has 1 amide bonds. The maximum absolute atomic E-state index is 13.6. The van der Waals surface area contributed by atoms with Crippen molar-refractivity contribution in [3.63, 3.8) is 0 Å². The van der Waals surface area contributed by atoms with E-state index < -0.39 is 0 Å². The number of benzene rings is 2. The summed E-state index contributed by atoms with van der Waals surface area (Å²) in [4.78, 5) is 22.6. The van der Waals surface area contributed by atoms with E-state index >= 15 is 0 Å². The molecule has 8 nitrogen and oxygen atoms in total. The van der Waals surface area contributed by atoms with Gasteiger partial charge in [0, 0.05) is 29.7 Å². The minimum atomic E-state index is -0.280. The van der Waals surface area contributed by atoms with Gasteiger partial charge in [-0.25, -0.2) is 4.98 Å². The number of fused-ring (bicyclic) bond motifs is 1. The lowest BCUT2D eigenvalue weighted by Gasteiger charge is -2.11. The normalized spacial score (nSPS) is 13.4. The van der Waals surface area contributed by atoms with Crippen LogP contribution < -0.4 is 5.32 Å². The van der Waals surface area contributed by atoms with Gasteiger partial charge in [0.15, 0.2) is 0 Å². The van der Waals surface area contributed by atoms with Gasteiger partial charge in [-0.15, -0.1) is 0 Å². The Bertz CT molecular complexity index is 1480. The number of hydrogen-bond donors (Lipinski definition) is 1. The van der Waals surface area contributed by atoms with Gasteiger partial charge in [-0.05, 0) is 31.0 Å². The molecule has 1 fully saturated rings. The summed E-state index contributed by atoms with van der Waals surface area (Å²) < 4.78 is 10.7. The van der Waals surface area contributed by atoms with E-state index in [0.29, 0.717) is 51.2 Å². The molecular weight excluding hydrogens is 418 g/mol. The number of anilines is 1. The highest BCUT2D eigenvalue weighted by molar-refractivity contribution is 6.15. The Labute approximate surface area is 188 Å². The first kappa shape index (κ1) is 19.4. The third-order valence-corrected chi connectivity index (χ3v) is 5.70. The van der Waals surface area contributed by atoms with Gasteiger partial charge in [0.05, 0.1) is 16.6 Å². The molecule has 162 valence electrons. The molecule has 5 aromatic rings. The van der Waals surface area contributed by atoms with Crippen molar-refractivity contribution in [3.05, 3.63) is 77.8 Å². The van der Waals surface area contributed by atoms with Gasteiger partial charge < -0.3 is 14.4 Å². The molecular formula is C25H19N5O3.